The highest BCUT2D eigenvalue weighted by Gasteiger charge is 2.32. The van der Waals surface area contributed by atoms with E-state index in [1.807, 2.05) is 41.2 Å². The van der Waals surface area contributed by atoms with E-state index in [4.69, 9.17) is 4.74 Å². The van der Waals surface area contributed by atoms with Crippen molar-refractivity contribution in [1.82, 2.24) is 9.88 Å². The van der Waals surface area contributed by atoms with Crippen LogP contribution in [0.1, 0.15) is 16.8 Å². The highest BCUT2D eigenvalue weighted by molar-refractivity contribution is 5.94. The molecule has 5 nitrogen and oxygen atoms in total. The highest BCUT2D eigenvalue weighted by Crippen LogP contribution is 2.17. The largest absolute Gasteiger partial charge is 0.386 e. The van der Waals surface area contributed by atoms with Crippen molar-refractivity contribution in [2.45, 2.75) is 12.0 Å². The Kier molecular flexibility index (Phi) is 3.77. The summed E-state index contributed by atoms with van der Waals surface area (Å²) in [6.07, 6.45) is 4.45. The van der Waals surface area contributed by atoms with E-state index in [9.17, 15) is 9.90 Å². The first-order valence-electron chi connectivity index (χ1n) is 6.98. The molecule has 1 amide bonds. The van der Waals surface area contributed by atoms with Gasteiger partial charge in [-0.1, -0.05) is 0 Å². The smallest absolute Gasteiger partial charge is 0.251 e. The van der Waals surface area contributed by atoms with Crippen LogP contribution in [0.4, 0.5) is 0 Å². The lowest BCUT2D eigenvalue weighted by Gasteiger charge is -2.20. The zero-order valence-electron chi connectivity index (χ0n) is 11.7. The van der Waals surface area contributed by atoms with E-state index in [0.29, 0.717) is 18.6 Å². The third kappa shape index (κ3) is 3.15. The fraction of sp³-hybridized carbons (Fsp3) is 0.312. The van der Waals surface area contributed by atoms with Gasteiger partial charge < -0.3 is 19.7 Å². The molecular weight excluding hydrogens is 268 g/mol. The predicted octanol–water partition coefficient (Wildman–Crippen LogP) is 1.36. The number of carbonyl (C=O) groups excluding carboxylic acids is 1. The Hall–Kier alpha value is -2.11. The molecule has 1 aromatic heterocycles. The second-order valence-electron chi connectivity index (χ2n) is 5.35. The summed E-state index contributed by atoms with van der Waals surface area (Å²) in [5, 5.41) is 12.9. The fourth-order valence-electron chi connectivity index (χ4n) is 2.37. The van der Waals surface area contributed by atoms with Gasteiger partial charge in [-0.05, 0) is 36.4 Å². The van der Waals surface area contributed by atoms with Crippen molar-refractivity contribution < 1.29 is 14.6 Å². The number of aromatic nitrogens is 1. The molecule has 2 N–H and O–H groups in total. The molecule has 1 atom stereocenters. The Balaban J connectivity index is 1.62. The Labute approximate surface area is 123 Å². The molecule has 21 heavy (non-hydrogen) atoms. The molecule has 1 aliphatic rings. The average molecular weight is 286 g/mol. The van der Waals surface area contributed by atoms with Crippen molar-refractivity contribution in [1.29, 1.82) is 0 Å². The highest BCUT2D eigenvalue weighted by atomic mass is 16.5. The number of benzene rings is 1. The van der Waals surface area contributed by atoms with Gasteiger partial charge in [0.05, 0.1) is 6.61 Å². The summed E-state index contributed by atoms with van der Waals surface area (Å²) >= 11 is 0. The molecule has 0 saturated carbocycles. The Morgan fingerprint density at radius 3 is 2.62 bits per heavy atom. The standard InChI is InChI=1S/C16H18N2O3/c19-15(17-11-16(20)7-10-21-12-16)13-3-5-14(6-4-13)18-8-1-2-9-18/h1-6,8-9,20H,7,10-12H2,(H,17,19). The van der Waals surface area contributed by atoms with Gasteiger partial charge in [-0.25, -0.2) is 0 Å². The third-order valence-corrected chi connectivity index (χ3v) is 3.69. The van der Waals surface area contributed by atoms with Crippen LogP contribution in [0.5, 0.6) is 0 Å². The maximum Gasteiger partial charge on any atom is 0.251 e. The summed E-state index contributed by atoms with van der Waals surface area (Å²) in [5.74, 6) is -0.186. The van der Waals surface area contributed by atoms with Crippen molar-refractivity contribution in [3.05, 3.63) is 54.4 Å². The molecule has 2 aromatic rings. The van der Waals surface area contributed by atoms with Crippen molar-refractivity contribution in [2.24, 2.45) is 0 Å². The van der Waals surface area contributed by atoms with Crippen LogP contribution in [-0.2, 0) is 4.74 Å². The number of ether oxygens (including phenoxy) is 1. The van der Waals surface area contributed by atoms with Gasteiger partial charge >= 0.3 is 0 Å². The third-order valence-electron chi connectivity index (χ3n) is 3.69. The first-order chi connectivity index (χ1) is 10.2. The Bertz CT molecular complexity index is 599. The van der Waals surface area contributed by atoms with Gasteiger partial charge in [-0.15, -0.1) is 0 Å². The molecule has 0 aliphatic carbocycles. The first kappa shape index (κ1) is 13.9. The van der Waals surface area contributed by atoms with Gasteiger partial charge in [0.1, 0.15) is 5.60 Å². The van der Waals surface area contributed by atoms with Crippen LogP contribution in [0.3, 0.4) is 0 Å². The number of carbonyl (C=O) groups is 1. The molecule has 2 heterocycles. The fourth-order valence-corrected chi connectivity index (χ4v) is 2.37. The van der Waals surface area contributed by atoms with Crippen LogP contribution in [0.2, 0.25) is 0 Å². The zero-order valence-corrected chi connectivity index (χ0v) is 11.7. The Morgan fingerprint density at radius 1 is 1.29 bits per heavy atom. The molecular formula is C16H18N2O3. The van der Waals surface area contributed by atoms with Crippen LogP contribution in [0, 0.1) is 0 Å². The Morgan fingerprint density at radius 2 is 2.00 bits per heavy atom. The summed E-state index contributed by atoms with van der Waals surface area (Å²) in [4.78, 5) is 12.1. The zero-order chi connectivity index (χ0) is 14.7. The molecule has 1 aromatic carbocycles. The van der Waals surface area contributed by atoms with Gasteiger partial charge in [0.25, 0.3) is 5.91 Å². The van der Waals surface area contributed by atoms with E-state index in [-0.39, 0.29) is 19.1 Å². The van der Waals surface area contributed by atoms with E-state index in [2.05, 4.69) is 5.32 Å². The summed E-state index contributed by atoms with van der Waals surface area (Å²) in [7, 11) is 0. The summed E-state index contributed by atoms with van der Waals surface area (Å²) in [6, 6.07) is 11.2. The van der Waals surface area contributed by atoms with E-state index < -0.39 is 5.60 Å². The summed E-state index contributed by atoms with van der Waals surface area (Å²) in [6.45, 7) is 1.03. The minimum Gasteiger partial charge on any atom is -0.386 e. The van der Waals surface area contributed by atoms with Gasteiger partial charge in [-0.2, -0.15) is 0 Å². The monoisotopic (exact) mass is 286 g/mol. The lowest BCUT2D eigenvalue weighted by atomic mass is 10.0. The van der Waals surface area contributed by atoms with Crippen LogP contribution >= 0.6 is 0 Å². The van der Waals surface area contributed by atoms with Gasteiger partial charge in [0.2, 0.25) is 0 Å². The van der Waals surface area contributed by atoms with Crippen LogP contribution in [0.25, 0.3) is 5.69 Å². The van der Waals surface area contributed by atoms with Crippen LogP contribution < -0.4 is 5.32 Å². The number of aliphatic hydroxyl groups is 1. The van der Waals surface area contributed by atoms with Crippen molar-refractivity contribution >= 4 is 5.91 Å². The SMILES string of the molecule is O=C(NCC1(O)CCOC1)c1ccc(-n2cccc2)cc1. The van der Waals surface area contributed by atoms with E-state index in [0.717, 1.165) is 5.69 Å². The molecule has 0 bridgehead atoms. The van der Waals surface area contributed by atoms with Crippen molar-refractivity contribution in [3.63, 3.8) is 0 Å². The maximum absolute atomic E-state index is 12.1. The quantitative estimate of drug-likeness (QED) is 0.892. The van der Waals surface area contributed by atoms with Gasteiger partial charge in [-0.3, -0.25) is 4.79 Å². The summed E-state index contributed by atoms with van der Waals surface area (Å²) < 4.78 is 7.12. The molecule has 110 valence electrons. The lowest BCUT2D eigenvalue weighted by Crippen LogP contribution is -2.43. The van der Waals surface area contributed by atoms with Gasteiger partial charge in [0.15, 0.2) is 0 Å². The van der Waals surface area contributed by atoms with Gasteiger partial charge in [0, 0.05) is 43.2 Å². The number of hydrogen-bond donors (Lipinski definition) is 2. The lowest BCUT2D eigenvalue weighted by molar-refractivity contribution is 0.0264. The molecule has 1 saturated heterocycles. The minimum absolute atomic E-state index is 0.186. The van der Waals surface area contributed by atoms with Crippen molar-refractivity contribution in [3.8, 4) is 5.69 Å². The predicted molar refractivity (Wildman–Crippen MR) is 78.5 cm³/mol. The first-order valence-corrected chi connectivity index (χ1v) is 6.98. The molecule has 1 unspecified atom stereocenters. The number of rotatable bonds is 4. The average Bonchev–Trinajstić information content (AvgIpc) is 3.17. The topological polar surface area (TPSA) is 63.5 Å². The minimum atomic E-state index is -0.930. The maximum atomic E-state index is 12.1. The number of nitrogens with zero attached hydrogens (tertiary/aromatic N) is 1. The number of amides is 1. The van der Waals surface area contributed by atoms with Crippen LogP contribution in [-0.4, -0.2) is 40.9 Å². The normalized spacial score (nSPS) is 21.4. The van der Waals surface area contributed by atoms with E-state index >= 15 is 0 Å². The second-order valence-corrected chi connectivity index (χ2v) is 5.35. The molecule has 1 fully saturated rings. The molecule has 0 spiro atoms. The number of nitrogens with one attached hydrogen (secondary N) is 1. The number of hydrogen-bond acceptors (Lipinski definition) is 3. The molecule has 3 rings (SSSR count). The molecule has 1 aliphatic heterocycles. The molecule has 0 radical (unpaired) electrons. The van der Waals surface area contributed by atoms with E-state index in [1.54, 1.807) is 12.1 Å². The summed E-state index contributed by atoms with van der Waals surface area (Å²) in [5.41, 5.74) is 0.647. The van der Waals surface area contributed by atoms with E-state index in [1.165, 1.54) is 0 Å². The second kappa shape index (κ2) is 5.71. The molecule has 5 heteroatoms. The van der Waals surface area contributed by atoms with Crippen LogP contribution in [0.15, 0.2) is 48.8 Å². The van der Waals surface area contributed by atoms with Crippen molar-refractivity contribution in [2.75, 3.05) is 19.8 Å².